The fourth-order valence-corrected chi connectivity index (χ4v) is 3.54. The Labute approximate surface area is 162 Å². The largest absolute Gasteiger partial charge is 0.462 e. The molecule has 3 rings (SSSR count). The molecule has 0 radical (unpaired) electrons. The van der Waals surface area contributed by atoms with Crippen LogP contribution in [0.1, 0.15) is 22.3 Å². The highest BCUT2D eigenvalue weighted by Crippen LogP contribution is 2.23. The molecular weight excluding hydrogens is 388 g/mol. The Balaban J connectivity index is 1.85. The van der Waals surface area contributed by atoms with E-state index < -0.39 is 23.1 Å². The Bertz CT molecular complexity index is 1200. The van der Waals surface area contributed by atoms with E-state index in [1.165, 1.54) is 29.6 Å². The molecule has 0 bridgehead atoms. The highest BCUT2D eigenvalue weighted by Gasteiger charge is 2.19. The number of fused-ring (bicyclic) bond motifs is 1. The number of hydrogen-bond donors (Lipinski definition) is 1. The van der Waals surface area contributed by atoms with Crippen LogP contribution >= 0.6 is 11.3 Å². The molecule has 0 spiro atoms. The lowest BCUT2D eigenvalue weighted by atomic mass is 10.4. The molecule has 0 aliphatic heterocycles. The van der Waals surface area contributed by atoms with Crippen LogP contribution < -0.4 is 16.6 Å². The average Bonchev–Trinajstić information content (AvgIpc) is 3.21. The van der Waals surface area contributed by atoms with Crippen LogP contribution in [0.3, 0.4) is 0 Å². The van der Waals surface area contributed by atoms with Crippen molar-refractivity contribution in [2.24, 2.45) is 14.1 Å². The molecular formula is C16H18N6O5S. The molecule has 0 aromatic carbocycles. The summed E-state index contributed by atoms with van der Waals surface area (Å²) < 4.78 is 8.50. The average molecular weight is 406 g/mol. The molecule has 0 unspecified atom stereocenters. The van der Waals surface area contributed by atoms with Crippen LogP contribution in [-0.2, 0) is 30.2 Å². The molecule has 0 fully saturated rings. The van der Waals surface area contributed by atoms with Gasteiger partial charge in [-0.15, -0.1) is 0 Å². The van der Waals surface area contributed by atoms with Crippen LogP contribution in [0.4, 0.5) is 5.13 Å². The van der Waals surface area contributed by atoms with E-state index in [0.717, 1.165) is 15.9 Å². The number of hydrogen-bond acceptors (Lipinski definition) is 8. The van der Waals surface area contributed by atoms with Gasteiger partial charge in [-0.1, -0.05) is 11.3 Å². The number of carbonyl (C=O) groups is 2. The van der Waals surface area contributed by atoms with Crippen molar-refractivity contribution in [1.29, 1.82) is 0 Å². The SMILES string of the molecule is CCOC(=O)c1sc(NC(=O)Cn2cnc3c2c(=O)n(C)c(=O)n3C)nc1C. The van der Waals surface area contributed by atoms with Gasteiger partial charge in [0.25, 0.3) is 5.56 Å². The minimum atomic E-state index is -0.543. The molecule has 0 saturated heterocycles. The summed E-state index contributed by atoms with van der Waals surface area (Å²) in [6.07, 6.45) is 1.32. The minimum Gasteiger partial charge on any atom is -0.462 e. The number of esters is 1. The molecule has 28 heavy (non-hydrogen) atoms. The van der Waals surface area contributed by atoms with E-state index in [-0.39, 0.29) is 29.4 Å². The summed E-state index contributed by atoms with van der Waals surface area (Å²) in [5.74, 6) is -0.956. The number of imidazole rings is 1. The Morgan fingerprint density at radius 1 is 1.25 bits per heavy atom. The van der Waals surface area contributed by atoms with Crippen LogP contribution in [0.5, 0.6) is 0 Å². The summed E-state index contributed by atoms with van der Waals surface area (Å²) in [5, 5.41) is 2.84. The first-order valence-corrected chi connectivity index (χ1v) is 9.11. The van der Waals surface area contributed by atoms with Crippen LogP contribution in [0.2, 0.25) is 0 Å². The zero-order valence-corrected chi connectivity index (χ0v) is 16.5. The zero-order chi connectivity index (χ0) is 20.6. The maximum absolute atomic E-state index is 12.4. The van der Waals surface area contributed by atoms with Gasteiger partial charge in [0.2, 0.25) is 5.91 Å². The molecule has 0 aliphatic rings. The molecule has 1 amide bonds. The van der Waals surface area contributed by atoms with Crippen molar-refractivity contribution in [2.45, 2.75) is 20.4 Å². The van der Waals surface area contributed by atoms with E-state index in [1.54, 1.807) is 13.8 Å². The zero-order valence-electron chi connectivity index (χ0n) is 15.7. The van der Waals surface area contributed by atoms with Crippen molar-refractivity contribution in [3.8, 4) is 0 Å². The molecule has 3 heterocycles. The highest BCUT2D eigenvalue weighted by molar-refractivity contribution is 7.17. The van der Waals surface area contributed by atoms with Gasteiger partial charge in [-0.3, -0.25) is 18.7 Å². The summed E-state index contributed by atoms with van der Waals surface area (Å²) in [5.41, 5.74) is -0.261. The third-order valence-electron chi connectivity index (χ3n) is 4.03. The second-order valence-electron chi connectivity index (χ2n) is 5.95. The van der Waals surface area contributed by atoms with E-state index in [4.69, 9.17) is 4.74 Å². The number of rotatable bonds is 5. The Kier molecular flexibility index (Phi) is 5.14. The third kappa shape index (κ3) is 3.33. The molecule has 0 aliphatic carbocycles. The lowest BCUT2D eigenvalue weighted by molar-refractivity contribution is -0.116. The van der Waals surface area contributed by atoms with Crippen LogP contribution in [0.25, 0.3) is 11.2 Å². The van der Waals surface area contributed by atoms with Crippen molar-refractivity contribution in [1.82, 2.24) is 23.7 Å². The van der Waals surface area contributed by atoms with Gasteiger partial charge in [0, 0.05) is 14.1 Å². The van der Waals surface area contributed by atoms with Gasteiger partial charge in [-0.2, -0.15) is 0 Å². The summed E-state index contributed by atoms with van der Waals surface area (Å²) in [6, 6.07) is 0. The normalized spacial score (nSPS) is 11.0. The van der Waals surface area contributed by atoms with Crippen LogP contribution in [0.15, 0.2) is 15.9 Å². The molecule has 0 saturated carbocycles. The maximum atomic E-state index is 12.4. The van der Waals surface area contributed by atoms with Gasteiger partial charge >= 0.3 is 11.7 Å². The quantitative estimate of drug-likeness (QED) is 0.591. The topological polar surface area (TPSA) is 130 Å². The number of amides is 1. The summed E-state index contributed by atoms with van der Waals surface area (Å²) in [7, 11) is 2.85. The number of aromatic nitrogens is 5. The second-order valence-corrected chi connectivity index (χ2v) is 6.95. The van der Waals surface area contributed by atoms with Crippen molar-refractivity contribution in [2.75, 3.05) is 11.9 Å². The van der Waals surface area contributed by atoms with E-state index in [0.29, 0.717) is 10.6 Å². The predicted octanol–water partition coefficient (Wildman–Crippen LogP) is 0.0140. The fourth-order valence-electron chi connectivity index (χ4n) is 2.67. The molecule has 1 N–H and O–H groups in total. The summed E-state index contributed by atoms with van der Waals surface area (Å²) in [4.78, 5) is 57.2. The van der Waals surface area contributed by atoms with Crippen molar-refractivity contribution >= 4 is 39.5 Å². The van der Waals surface area contributed by atoms with Crippen molar-refractivity contribution in [3.05, 3.63) is 37.7 Å². The van der Waals surface area contributed by atoms with Gasteiger partial charge in [-0.25, -0.2) is 19.6 Å². The van der Waals surface area contributed by atoms with Gasteiger partial charge in [-0.05, 0) is 13.8 Å². The number of carbonyl (C=O) groups excluding carboxylic acids is 2. The molecule has 0 atom stereocenters. The lowest BCUT2D eigenvalue weighted by Gasteiger charge is -2.06. The van der Waals surface area contributed by atoms with Crippen molar-refractivity contribution in [3.63, 3.8) is 0 Å². The number of thiazole rings is 1. The Morgan fingerprint density at radius 3 is 2.64 bits per heavy atom. The first-order valence-electron chi connectivity index (χ1n) is 8.29. The lowest BCUT2D eigenvalue weighted by Crippen LogP contribution is -2.37. The van der Waals surface area contributed by atoms with E-state index >= 15 is 0 Å². The predicted molar refractivity (Wildman–Crippen MR) is 102 cm³/mol. The van der Waals surface area contributed by atoms with E-state index in [1.807, 2.05) is 0 Å². The molecule has 11 nitrogen and oxygen atoms in total. The van der Waals surface area contributed by atoms with Gasteiger partial charge in [0.05, 0.1) is 18.6 Å². The number of aryl methyl sites for hydroxylation is 2. The van der Waals surface area contributed by atoms with Gasteiger partial charge < -0.3 is 14.6 Å². The smallest absolute Gasteiger partial charge is 0.350 e. The second kappa shape index (κ2) is 7.38. The van der Waals surface area contributed by atoms with Crippen molar-refractivity contribution < 1.29 is 14.3 Å². The summed E-state index contributed by atoms with van der Waals surface area (Å²) >= 11 is 1.01. The van der Waals surface area contributed by atoms with Gasteiger partial charge in [0.15, 0.2) is 16.3 Å². The van der Waals surface area contributed by atoms with Gasteiger partial charge in [0.1, 0.15) is 11.4 Å². The Hall–Kier alpha value is -3.28. The summed E-state index contributed by atoms with van der Waals surface area (Å²) in [6.45, 7) is 3.37. The monoisotopic (exact) mass is 406 g/mol. The number of nitrogens with one attached hydrogen (secondary N) is 1. The molecule has 3 aromatic heterocycles. The Morgan fingerprint density at radius 2 is 1.96 bits per heavy atom. The number of ether oxygens (including phenoxy) is 1. The number of anilines is 1. The molecule has 148 valence electrons. The maximum Gasteiger partial charge on any atom is 0.350 e. The molecule has 3 aromatic rings. The minimum absolute atomic E-state index is 0.141. The van der Waals surface area contributed by atoms with E-state index in [9.17, 15) is 19.2 Å². The fraction of sp³-hybridized carbons (Fsp3) is 0.375. The third-order valence-corrected chi connectivity index (χ3v) is 5.09. The first kappa shape index (κ1) is 19.5. The van der Waals surface area contributed by atoms with Crippen LogP contribution in [-0.4, -0.2) is 42.2 Å². The first-order chi connectivity index (χ1) is 13.2. The molecule has 12 heteroatoms. The standard InChI is InChI=1S/C16H18N6O5S/c1-5-27-14(25)11-8(2)18-15(28-11)19-9(23)6-22-7-17-12-10(22)13(24)21(4)16(26)20(12)3/h7H,5-6H2,1-4H3,(H,18,19,23). The van der Waals surface area contributed by atoms with E-state index in [2.05, 4.69) is 15.3 Å². The number of nitrogens with zero attached hydrogens (tertiary/aromatic N) is 5. The van der Waals surface area contributed by atoms with Crippen LogP contribution in [0, 0.1) is 6.92 Å². The highest BCUT2D eigenvalue weighted by atomic mass is 32.1.